The average Bonchev–Trinajstić information content (AvgIpc) is 2.78. The van der Waals surface area contributed by atoms with Crippen molar-refractivity contribution in [3.05, 3.63) is 58.9 Å². The number of aryl methyl sites for hydroxylation is 4. The lowest BCUT2D eigenvalue weighted by atomic mass is 10.1. The third-order valence-corrected chi connectivity index (χ3v) is 3.74. The molecule has 2 aromatic heterocycles. The monoisotopic (exact) mass is 278 g/mol. The first-order chi connectivity index (χ1) is 10.1. The highest BCUT2D eigenvalue weighted by molar-refractivity contribution is 5.56. The van der Waals surface area contributed by atoms with Crippen LogP contribution in [0.25, 0.3) is 5.65 Å². The van der Waals surface area contributed by atoms with Crippen LogP contribution in [0.1, 0.15) is 22.4 Å². The van der Waals surface area contributed by atoms with Gasteiger partial charge in [0.25, 0.3) is 0 Å². The lowest BCUT2D eigenvalue weighted by Gasteiger charge is -2.00. The number of benzene rings is 1. The standard InChI is InChI=1S/C17H18N4/c1-11-7-8-15(10-13(11)3)19-20-17-14(4)18-16-12(2)6-5-9-21(16)17/h5-10H,1-4H3. The van der Waals surface area contributed by atoms with Crippen molar-refractivity contribution in [3.63, 3.8) is 0 Å². The smallest absolute Gasteiger partial charge is 0.182 e. The molecular formula is C17H18N4. The Morgan fingerprint density at radius 3 is 2.48 bits per heavy atom. The van der Waals surface area contributed by atoms with Crippen LogP contribution in [0.4, 0.5) is 11.5 Å². The summed E-state index contributed by atoms with van der Waals surface area (Å²) in [4.78, 5) is 4.57. The van der Waals surface area contributed by atoms with Gasteiger partial charge in [-0.05, 0) is 62.6 Å². The zero-order valence-corrected chi connectivity index (χ0v) is 12.8. The first-order valence-corrected chi connectivity index (χ1v) is 6.99. The molecule has 4 heteroatoms. The van der Waals surface area contributed by atoms with Crippen LogP contribution in [0.5, 0.6) is 0 Å². The first kappa shape index (κ1) is 13.5. The zero-order valence-electron chi connectivity index (χ0n) is 12.8. The van der Waals surface area contributed by atoms with Crippen LogP contribution in [-0.4, -0.2) is 9.38 Å². The first-order valence-electron chi connectivity index (χ1n) is 6.99. The Labute approximate surface area is 124 Å². The highest BCUT2D eigenvalue weighted by Crippen LogP contribution is 2.25. The van der Waals surface area contributed by atoms with Gasteiger partial charge in [0.1, 0.15) is 5.65 Å². The summed E-state index contributed by atoms with van der Waals surface area (Å²) >= 11 is 0. The van der Waals surface area contributed by atoms with Gasteiger partial charge in [0, 0.05) is 6.20 Å². The van der Waals surface area contributed by atoms with Gasteiger partial charge in [0.05, 0.1) is 11.4 Å². The van der Waals surface area contributed by atoms with Crippen LogP contribution in [0.2, 0.25) is 0 Å². The van der Waals surface area contributed by atoms with Crippen molar-refractivity contribution in [1.29, 1.82) is 0 Å². The third-order valence-electron chi connectivity index (χ3n) is 3.74. The molecule has 0 amide bonds. The average molecular weight is 278 g/mol. The fraction of sp³-hybridized carbons (Fsp3) is 0.235. The number of hydrogen-bond donors (Lipinski definition) is 0. The summed E-state index contributed by atoms with van der Waals surface area (Å²) in [6.45, 7) is 8.18. The second kappa shape index (κ2) is 5.13. The fourth-order valence-corrected chi connectivity index (χ4v) is 2.32. The van der Waals surface area contributed by atoms with E-state index < -0.39 is 0 Å². The molecule has 3 rings (SSSR count). The van der Waals surface area contributed by atoms with Gasteiger partial charge in [-0.2, -0.15) is 0 Å². The molecule has 0 bridgehead atoms. The van der Waals surface area contributed by atoms with E-state index in [0.717, 1.165) is 28.4 Å². The van der Waals surface area contributed by atoms with E-state index >= 15 is 0 Å². The van der Waals surface area contributed by atoms with E-state index in [1.54, 1.807) is 0 Å². The van der Waals surface area contributed by atoms with Crippen molar-refractivity contribution >= 4 is 17.2 Å². The summed E-state index contributed by atoms with van der Waals surface area (Å²) in [6.07, 6.45) is 1.97. The highest BCUT2D eigenvalue weighted by atomic mass is 15.2. The minimum atomic E-state index is 0.784. The predicted molar refractivity (Wildman–Crippen MR) is 84.8 cm³/mol. The van der Waals surface area contributed by atoms with Gasteiger partial charge in [-0.3, -0.25) is 4.40 Å². The predicted octanol–water partition coefficient (Wildman–Crippen LogP) is 4.98. The minimum Gasteiger partial charge on any atom is -0.283 e. The van der Waals surface area contributed by atoms with Crippen LogP contribution in [0, 0.1) is 27.7 Å². The number of azo groups is 1. The molecule has 2 heterocycles. The molecular weight excluding hydrogens is 260 g/mol. The molecule has 0 unspecified atom stereocenters. The van der Waals surface area contributed by atoms with Crippen molar-refractivity contribution in [1.82, 2.24) is 9.38 Å². The van der Waals surface area contributed by atoms with Crippen LogP contribution in [0.15, 0.2) is 46.8 Å². The summed E-state index contributed by atoms with van der Waals surface area (Å²) < 4.78 is 1.98. The molecule has 0 saturated carbocycles. The quantitative estimate of drug-likeness (QED) is 0.609. The Morgan fingerprint density at radius 1 is 0.905 bits per heavy atom. The normalized spacial score (nSPS) is 11.6. The summed E-state index contributed by atoms with van der Waals surface area (Å²) in [7, 11) is 0. The van der Waals surface area contributed by atoms with E-state index in [1.807, 2.05) is 48.7 Å². The topological polar surface area (TPSA) is 42.0 Å². The van der Waals surface area contributed by atoms with Crippen molar-refractivity contribution in [2.75, 3.05) is 0 Å². The maximum Gasteiger partial charge on any atom is 0.182 e. The number of nitrogens with zero attached hydrogens (tertiary/aromatic N) is 4. The third kappa shape index (κ3) is 2.44. The molecule has 0 aliphatic rings. The van der Waals surface area contributed by atoms with Crippen molar-refractivity contribution in [3.8, 4) is 0 Å². The summed E-state index contributed by atoms with van der Waals surface area (Å²) in [5.74, 6) is 0.784. The highest BCUT2D eigenvalue weighted by Gasteiger charge is 2.09. The van der Waals surface area contributed by atoms with Gasteiger partial charge in [0.15, 0.2) is 5.82 Å². The molecule has 0 N–H and O–H groups in total. The Morgan fingerprint density at radius 2 is 1.71 bits per heavy atom. The van der Waals surface area contributed by atoms with E-state index in [4.69, 9.17) is 0 Å². The van der Waals surface area contributed by atoms with E-state index in [2.05, 4.69) is 35.1 Å². The van der Waals surface area contributed by atoms with Gasteiger partial charge in [-0.25, -0.2) is 4.98 Å². The largest absolute Gasteiger partial charge is 0.283 e. The molecule has 0 spiro atoms. The maximum absolute atomic E-state index is 4.57. The second-order valence-electron chi connectivity index (χ2n) is 5.37. The number of fused-ring (bicyclic) bond motifs is 1. The van der Waals surface area contributed by atoms with Gasteiger partial charge in [-0.1, -0.05) is 12.1 Å². The summed E-state index contributed by atoms with van der Waals surface area (Å²) in [5.41, 5.74) is 6.29. The van der Waals surface area contributed by atoms with Crippen molar-refractivity contribution in [2.45, 2.75) is 27.7 Å². The molecule has 0 saturated heterocycles. The Kier molecular flexibility index (Phi) is 3.29. The Balaban J connectivity index is 2.05. The van der Waals surface area contributed by atoms with Gasteiger partial charge < -0.3 is 0 Å². The number of rotatable bonds is 2. The molecule has 4 nitrogen and oxygen atoms in total. The molecule has 0 atom stereocenters. The molecule has 21 heavy (non-hydrogen) atoms. The van der Waals surface area contributed by atoms with Crippen LogP contribution in [0.3, 0.4) is 0 Å². The summed E-state index contributed by atoms with van der Waals surface area (Å²) in [6, 6.07) is 10.1. The SMILES string of the molecule is Cc1ccc(N=Nc2c(C)nc3c(C)cccn23)cc1C. The van der Waals surface area contributed by atoms with Gasteiger partial charge in [-0.15, -0.1) is 10.2 Å². The van der Waals surface area contributed by atoms with Crippen LogP contribution < -0.4 is 0 Å². The Hall–Kier alpha value is -2.49. The van der Waals surface area contributed by atoms with Crippen molar-refractivity contribution in [2.24, 2.45) is 10.2 Å². The molecule has 0 aliphatic carbocycles. The van der Waals surface area contributed by atoms with E-state index in [1.165, 1.54) is 11.1 Å². The van der Waals surface area contributed by atoms with Crippen LogP contribution >= 0.6 is 0 Å². The van der Waals surface area contributed by atoms with Gasteiger partial charge >= 0.3 is 0 Å². The van der Waals surface area contributed by atoms with E-state index in [0.29, 0.717) is 0 Å². The molecule has 0 aliphatic heterocycles. The molecule has 0 radical (unpaired) electrons. The minimum absolute atomic E-state index is 0.784. The number of hydrogen-bond acceptors (Lipinski definition) is 3. The molecule has 0 fully saturated rings. The fourth-order valence-electron chi connectivity index (χ4n) is 2.32. The summed E-state index contributed by atoms with van der Waals surface area (Å²) in [5, 5.41) is 8.76. The molecule has 106 valence electrons. The van der Waals surface area contributed by atoms with Gasteiger partial charge in [0.2, 0.25) is 0 Å². The maximum atomic E-state index is 4.57. The number of aromatic nitrogens is 2. The molecule has 1 aromatic carbocycles. The lowest BCUT2D eigenvalue weighted by Crippen LogP contribution is -1.85. The van der Waals surface area contributed by atoms with Crippen molar-refractivity contribution < 1.29 is 0 Å². The zero-order chi connectivity index (χ0) is 15.0. The molecule has 3 aromatic rings. The second-order valence-corrected chi connectivity index (χ2v) is 5.37. The number of imidazole rings is 1. The van der Waals surface area contributed by atoms with Crippen LogP contribution in [-0.2, 0) is 0 Å². The lowest BCUT2D eigenvalue weighted by molar-refractivity contribution is 1.09. The number of pyridine rings is 1. The van der Waals surface area contributed by atoms with E-state index in [9.17, 15) is 0 Å². The van der Waals surface area contributed by atoms with E-state index in [-0.39, 0.29) is 0 Å². The Bertz CT molecular complexity index is 843.